The van der Waals surface area contributed by atoms with E-state index in [1.807, 2.05) is 18.2 Å². The number of anilines is 2. The molecule has 0 radical (unpaired) electrons. The maximum atomic E-state index is 6.55. The maximum absolute atomic E-state index is 6.55. The second-order valence-electron chi connectivity index (χ2n) is 11.9. The van der Waals surface area contributed by atoms with Crippen LogP contribution in [0.2, 0.25) is 0 Å². The predicted molar refractivity (Wildman–Crippen MR) is 183 cm³/mol. The Bertz CT molecular complexity index is 2510. The summed E-state index contributed by atoms with van der Waals surface area (Å²) in [5, 5.41) is 4.41. The van der Waals surface area contributed by atoms with E-state index >= 15 is 0 Å². The lowest BCUT2D eigenvalue weighted by molar-refractivity contribution is 0.619. The van der Waals surface area contributed by atoms with Gasteiger partial charge in [0, 0.05) is 33.8 Å². The monoisotopic (exact) mass is 578 g/mol. The first kappa shape index (κ1) is 24.6. The van der Waals surface area contributed by atoms with E-state index in [0.717, 1.165) is 55.4 Å². The number of hydrogen-bond donors (Lipinski definition) is 0. The quantitative estimate of drug-likeness (QED) is 0.209. The van der Waals surface area contributed by atoms with E-state index in [-0.39, 0.29) is 6.04 Å². The molecule has 2 unspecified atom stereocenters. The van der Waals surface area contributed by atoms with Crippen LogP contribution >= 0.6 is 0 Å². The van der Waals surface area contributed by atoms with Gasteiger partial charge in [0.2, 0.25) is 5.89 Å². The molecule has 45 heavy (non-hydrogen) atoms. The Morgan fingerprint density at radius 3 is 2.33 bits per heavy atom. The number of aromatic nitrogens is 1. The molecule has 4 heteroatoms. The summed E-state index contributed by atoms with van der Waals surface area (Å²) in [5.74, 6) is 0.950. The molecule has 8 aromatic rings. The molecule has 2 aliphatic rings. The minimum Gasteiger partial charge on any atom is -0.455 e. The third-order valence-corrected chi connectivity index (χ3v) is 9.42. The molecule has 0 bridgehead atoms. The number of allylic oxidation sites excluding steroid dienone is 2. The van der Waals surface area contributed by atoms with Crippen LogP contribution in [0, 0.1) is 0 Å². The summed E-state index contributed by atoms with van der Waals surface area (Å²) in [6.45, 7) is 0. The van der Waals surface area contributed by atoms with Crippen molar-refractivity contribution < 1.29 is 8.83 Å². The number of furan rings is 1. The largest absolute Gasteiger partial charge is 0.455 e. The second-order valence-corrected chi connectivity index (χ2v) is 11.9. The van der Waals surface area contributed by atoms with Gasteiger partial charge in [0.25, 0.3) is 0 Å². The van der Waals surface area contributed by atoms with Crippen LogP contribution in [0.4, 0.5) is 11.4 Å². The second kappa shape index (κ2) is 9.31. The Kier molecular flexibility index (Phi) is 5.08. The number of para-hydroxylation sites is 2. The molecule has 0 saturated heterocycles. The average molecular weight is 579 g/mol. The highest BCUT2D eigenvalue weighted by molar-refractivity contribution is 6.20. The molecule has 10 rings (SSSR count). The number of hydrogen-bond acceptors (Lipinski definition) is 4. The van der Waals surface area contributed by atoms with Crippen molar-refractivity contribution in [2.24, 2.45) is 0 Å². The van der Waals surface area contributed by atoms with E-state index in [4.69, 9.17) is 13.8 Å². The zero-order chi connectivity index (χ0) is 29.5. The van der Waals surface area contributed by atoms with Crippen molar-refractivity contribution in [1.29, 1.82) is 0 Å². The van der Waals surface area contributed by atoms with Crippen LogP contribution < -0.4 is 4.90 Å². The molecule has 1 aliphatic carbocycles. The fourth-order valence-electron chi connectivity index (χ4n) is 7.33. The maximum Gasteiger partial charge on any atom is 0.227 e. The molecule has 2 atom stereocenters. The predicted octanol–water partition coefficient (Wildman–Crippen LogP) is 10.9. The van der Waals surface area contributed by atoms with Gasteiger partial charge in [0.1, 0.15) is 16.7 Å². The summed E-state index contributed by atoms with van der Waals surface area (Å²) in [6, 6.07) is 42.8. The normalized spacial score (nSPS) is 17.1. The molecule has 3 heterocycles. The van der Waals surface area contributed by atoms with Crippen molar-refractivity contribution in [2.75, 3.05) is 4.90 Å². The Balaban J connectivity index is 1.11. The summed E-state index contributed by atoms with van der Waals surface area (Å²) >= 11 is 0. The van der Waals surface area contributed by atoms with Crippen molar-refractivity contribution in [1.82, 2.24) is 4.98 Å². The first-order valence-corrected chi connectivity index (χ1v) is 15.4. The van der Waals surface area contributed by atoms with E-state index in [1.165, 1.54) is 22.0 Å². The lowest BCUT2D eigenvalue weighted by Gasteiger charge is -2.28. The molecule has 2 aromatic heterocycles. The van der Waals surface area contributed by atoms with Crippen LogP contribution in [-0.2, 0) is 0 Å². The fourth-order valence-corrected chi connectivity index (χ4v) is 7.33. The van der Waals surface area contributed by atoms with Gasteiger partial charge in [0.05, 0.1) is 11.4 Å². The summed E-state index contributed by atoms with van der Waals surface area (Å²) in [5.41, 5.74) is 10.0. The number of rotatable bonds is 3. The van der Waals surface area contributed by atoms with Crippen LogP contribution in [0.1, 0.15) is 11.5 Å². The van der Waals surface area contributed by atoms with Gasteiger partial charge in [-0.25, -0.2) is 4.98 Å². The van der Waals surface area contributed by atoms with Gasteiger partial charge in [-0.3, -0.25) is 0 Å². The van der Waals surface area contributed by atoms with E-state index < -0.39 is 0 Å². The summed E-state index contributed by atoms with van der Waals surface area (Å²) in [6.07, 6.45) is 8.91. The minimum absolute atomic E-state index is 0.263. The average Bonchev–Trinajstić information content (AvgIpc) is 3.80. The molecule has 1 aliphatic heterocycles. The van der Waals surface area contributed by atoms with Gasteiger partial charge in [-0.2, -0.15) is 0 Å². The minimum atomic E-state index is 0.263. The molecule has 6 aromatic carbocycles. The molecule has 0 spiro atoms. The Morgan fingerprint density at radius 1 is 0.622 bits per heavy atom. The van der Waals surface area contributed by atoms with Gasteiger partial charge < -0.3 is 13.7 Å². The van der Waals surface area contributed by atoms with Gasteiger partial charge >= 0.3 is 0 Å². The van der Waals surface area contributed by atoms with Crippen LogP contribution in [-0.4, -0.2) is 11.0 Å². The Hall–Kier alpha value is -5.87. The SMILES string of the molecule is C1=CC2c3ccccc3N(c3ccc(-c4nc5c(cc(-c6ccc7ccccc7c6)c6oc7ccccc7c65)o4)cc3)C2C=C1. The lowest BCUT2D eigenvalue weighted by Crippen LogP contribution is -2.28. The topological polar surface area (TPSA) is 42.4 Å². The first-order chi connectivity index (χ1) is 22.3. The van der Waals surface area contributed by atoms with Crippen LogP contribution in [0.3, 0.4) is 0 Å². The van der Waals surface area contributed by atoms with Crippen molar-refractivity contribution >= 4 is 55.2 Å². The van der Waals surface area contributed by atoms with Crippen molar-refractivity contribution in [2.45, 2.75) is 12.0 Å². The molecule has 0 N–H and O–H groups in total. The van der Waals surface area contributed by atoms with Crippen molar-refractivity contribution in [3.8, 4) is 22.6 Å². The zero-order valence-corrected chi connectivity index (χ0v) is 24.2. The number of benzene rings is 6. The number of oxazole rings is 1. The van der Waals surface area contributed by atoms with Crippen molar-refractivity contribution in [3.05, 3.63) is 151 Å². The molecule has 0 saturated carbocycles. The fraction of sp³-hybridized carbons (Fsp3) is 0.0488. The smallest absolute Gasteiger partial charge is 0.227 e. The molecule has 0 amide bonds. The highest BCUT2D eigenvalue weighted by Crippen LogP contribution is 2.48. The standard InChI is InChI=1S/C41H26N2O2/c1-2-10-27-23-28(18-17-25(27)9-1)33-24-37-39(38-32-13-5-8-16-36(32)44-40(33)38)42-41(45-37)26-19-21-29(22-20-26)43-34-14-6-3-11-30(34)31-12-4-7-15-35(31)43/h1-24,30,34H. The van der Waals surface area contributed by atoms with Crippen LogP contribution in [0.15, 0.2) is 154 Å². The van der Waals surface area contributed by atoms with Crippen LogP contribution in [0.25, 0.3) is 66.4 Å². The first-order valence-electron chi connectivity index (χ1n) is 15.4. The van der Waals surface area contributed by atoms with Gasteiger partial charge in [-0.1, -0.05) is 97.1 Å². The molecular weight excluding hydrogens is 552 g/mol. The number of nitrogens with zero attached hydrogens (tertiary/aromatic N) is 2. The number of fused-ring (bicyclic) bond motifs is 9. The Morgan fingerprint density at radius 2 is 1.40 bits per heavy atom. The van der Waals surface area contributed by atoms with E-state index in [9.17, 15) is 0 Å². The molecule has 212 valence electrons. The van der Waals surface area contributed by atoms with E-state index in [2.05, 4.69) is 132 Å². The van der Waals surface area contributed by atoms with Gasteiger partial charge in [-0.15, -0.1) is 0 Å². The third kappa shape index (κ3) is 3.63. The molecular formula is C41H26N2O2. The lowest BCUT2D eigenvalue weighted by atomic mass is 9.91. The van der Waals surface area contributed by atoms with Gasteiger partial charge in [0.15, 0.2) is 5.58 Å². The summed E-state index contributed by atoms with van der Waals surface area (Å²) in [4.78, 5) is 7.52. The molecule has 4 nitrogen and oxygen atoms in total. The Labute approximate surface area is 259 Å². The highest BCUT2D eigenvalue weighted by atomic mass is 16.4. The van der Waals surface area contributed by atoms with Gasteiger partial charge in [-0.05, 0) is 70.4 Å². The zero-order valence-electron chi connectivity index (χ0n) is 24.2. The van der Waals surface area contributed by atoms with Crippen molar-refractivity contribution in [3.63, 3.8) is 0 Å². The summed E-state index contributed by atoms with van der Waals surface area (Å²) < 4.78 is 13.1. The third-order valence-electron chi connectivity index (χ3n) is 9.42. The van der Waals surface area contributed by atoms with E-state index in [1.54, 1.807) is 0 Å². The summed E-state index contributed by atoms with van der Waals surface area (Å²) in [7, 11) is 0. The molecule has 0 fully saturated rings. The van der Waals surface area contributed by atoms with Crippen LogP contribution in [0.5, 0.6) is 0 Å². The van der Waals surface area contributed by atoms with E-state index in [0.29, 0.717) is 11.8 Å². The highest BCUT2D eigenvalue weighted by Gasteiger charge is 2.37.